The summed E-state index contributed by atoms with van der Waals surface area (Å²) in [5.74, 6) is -0.197. The van der Waals surface area contributed by atoms with E-state index in [1.165, 1.54) is 74.6 Å². The second-order valence-corrected chi connectivity index (χ2v) is 17.7. The molecule has 0 aliphatic heterocycles. The van der Waals surface area contributed by atoms with E-state index >= 15 is 0 Å². The van der Waals surface area contributed by atoms with Gasteiger partial charge >= 0.3 is 0 Å². The van der Waals surface area contributed by atoms with Crippen LogP contribution >= 0.6 is 23.5 Å². The van der Waals surface area contributed by atoms with E-state index < -0.39 is 23.4 Å². The summed E-state index contributed by atoms with van der Waals surface area (Å²) in [5.41, 5.74) is 7.12. The fourth-order valence-electron chi connectivity index (χ4n) is 7.59. The molecule has 0 radical (unpaired) electrons. The van der Waals surface area contributed by atoms with Crippen LogP contribution < -0.4 is 20.1 Å². The number of pyridine rings is 2. The van der Waals surface area contributed by atoms with Crippen LogP contribution in [0, 0.1) is 11.6 Å². The van der Waals surface area contributed by atoms with Gasteiger partial charge < -0.3 is 28.9 Å². The molecule has 8 aromatic rings. The number of nitrogens with one attached hydrogen (secondary N) is 2. The number of aromatic nitrogens is 10. The fourth-order valence-corrected chi connectivity index (χ4v) is 8.82. The number of nitrogens with zero attached hydrogens (tertiary/aromatic N) is 10. The molecule has 2 N–H and O–H groups in total. The van der Waals surface area contributed by atoms with Gasteiger partial charge in [0.1, 0.15) is 11.3 Å². The van der Waals surface area contributed by atoms with Crippen LogP contribution in [0.15, 0.2) is 95.5 Å². The number of amides is 2. The van der Waals surface area contributed by atoms with Gasteiger partial charge in [0.2, 0.25) is 0 Å². The van der Waals surface area contributed by atoms with Crippen LogP contribution in [-0.4, -0.2) is 87.3 Å². The van der Waals surface area contributed by atoms with Crippen molar-refractivity contribution in [2.45, 2.75) is 73.5 Å². The van der Waals surface area contributed by atoms with Crippen molar-refractivity contribution in [2.24, 2.45) is 0 Å². The van der Waals surface area contributed by atoms with Crippen molar-refractivity contribution < 1.29 is 27.8 Å². The largest absolute Gasteiger partial charge is 0.494 e. The quantitative estimate of drug-likeness (QED) is 0.0928. The van der Waals surface area contributed by atoms with E-state index in [0.717, 1.165) is 32.5 Å². The van der Waals surface area contributed by atoms with E-state index in [1.807, 2.05) is 45.8 Å². The van der Waals surface area contributed by atoms with E-state index in [2.05, 4.69) is 65.8 Å². The van der Waals surface area contributed by atoms with Crippen LogP contribution in [0.1, 0.15) is 92.1 Å². The highest BCUT2D eigenvalue weighted by molar-refractivity contribution is 7.98. The highest BCUT2D eigenvalue weighted by Crippen LogP contribution is 2.41. The van der Waals surface area contributed by atoms with Gasteiger partial charge in [0.15, 0.2) is 34.5 Å². The second kappa shape index (κ2) is 19.4. The predicted octanol–water partition coefficient (Wildman–Crippen LogP) is 7.30. The van der Waals surface area contributed by atoms with Crippen molar-refractivity contribution in [2.75, 3.05) is 26.7 Å². The number of hydrogen-bond donors (Lipinski definition) is 2. The number of rotatable bonds is 16. The van der Waals surface area contributed by atoms with Gasteiger partial charge in [0.25, 0.3) is 11.8 Å². The standard InChI is InChI=1S/2C23H23FN6O2S/c2*1-32-19-6-7-20(33-2)17(22(19)24)9-25-23(31)18-13-30(28-27-18)12-16-11-29-10-15(14-3-4-14)5-8-21(29)26-16/h2*5-8,10-11,13-14H,3-4,9,12H2,1-2H3,(H,25,31). The van der Waals surface area contributed by atoms with Gasteiger partial charge in [-0.3, -0.25) is 9.59 Å². The number of benzene rings is 2. The third kappa shape index (κ3) is 9.88. The van der Waals surface area contributed by atoms with Crippen LogP contribution in [0.2, 0.25) is 0 Å². The number of imidazole rings is 2. The first kappa shape index (κ1) is 44.4. The van der Waals surface area contributed by atoms with Crippen molar-refractivity contribution in [1.29, 1.82) is 0 Å². The molecule has 2 fully saturated rings. The van der Waals surface area contributed by atoms with Gasteiger partial charge in [-0.15, -0.1) is 33.7 Å². The lowest BCUT2D eigenvalue weighted by Crippen LogP contribution is -2.24. The Hall–Kier alpha value is -6.80. The van der Waals surface area contributed by atoms with Crippen molar-refractivity contribution in [3.05, 3.63) is 142 Å². The van der Waals surface area contributed by atoms with Crippen molar-refractivity contribution in [3.8, 4) is 11.5 Å². The summed E-state index contributed by atoms with van der Waals surface area (Å²) in [4.78, 5) is 35.9. The average molecular weight is 933 g/mol. The second-order valence-electron chi connectivity index (χ2n) is 16.0. The first-order valence-electron chi connectivity index (χ1n) is 21.2. The number of ether oxygens (including phenoxy) is 2. The zero-order valence-electron chi connectivity index (χ0n) is 36.6. The molecule has 2 aromatic carbocycles. The Bertz CT molecular complexity index is 2860. The minimum absolute atomic E-state index is 0.0145. The lowest BCUT2D eigenvalue weighted by molar-refractivity contribution is 0.0937. The summed E-state index contributed by atoms with van der Waals surface area (Å²) in [7, 11) is 2.82. The number of hydrogen-bond acceptors (Lipinski definition) is 12. The molecule has 6 aromatic heterocycles. The molecule has 340 valence electrons. The molecule has 0 unspecified atom stereocenters. The van der Waals surface area contributed by atoms with Crippen LogP contribution in [0.25, 0.3) is 11.3 Å². The molecule has 2 amide bonds. The van der Waals surface area contributed by atoms with Crippen LogP contribution in [0.5, 0.6) is 11.5 Å². The van der Waals surface area contributed by atoms with E-state index in [0.29, 0.717) is 36.1 Å². The molecule has 0 bridgehead atoms. The molecule has 0 spiro atoms. The molecule has 0 atom stereocenters. The van der Waals surface area contributed by atoms with Crippen LogP contribution in [-0.2, 0) is 26.2 Å². The minimum Gasteiger partial charge on any atom is -0.494 e. The molecule has 66 heavy (non-hydrogen) atoms. The van der Waals surface area contributed by atoms with E-state index in [4.69, 9.17) is 9.47 Å². The fraction of sp³-hybridized carbons (Fsp3) is 0.304. The Morgan fingerprint density at radius 2 is 1.05 bits per heavy atom. The lowest BCUT2D eigenvalue weighted by Gasteiger charge is -2.12. The van der Waals surface area contributed by atoms with Crippen LogP contribution in [0.4, 0.5) is 8.78 Å². The smallest absolute Gasteiger partial charge is 0.273 e. The van der Waals surface area contributed by atoms with Gasteiger partial charge in [-0.05, 0) is 97.6 Å². The third-order valence-electron chi connectivity index (χ3n) is 11.4. The molecule has 2 aliphatic carbocycles. The highest BCUT2D eigenvalue weighted by atomic mass is 32.2. The molecule has 6 heterocycles. The number of thioether (sulfide) groups is 2. The minimum atomic E-state index is -0.481. The van der Waals surface area contributed by atoms with Gasteiger partial charge in [-0.2, -0.15) is 0 Å². The van der Waals surface area contributed by atoms with E-state index in [9.17, 15) is 18.4 Å². The molecule has 0 saturated heterocycles. The number of carbonyl (C=O) groups excluding carboxylic acids is 2. The van der Waals surface area contributed by atoms with Crippen molar-refractivity contribution >= 4 is 46.6 Å². The first-order valence-corrected chi connectivity index (χ1v) is 23.7. The number of methoxy groups -OCH3 is 2. The summed E-state index contributed by atoms with van der Waals surface area (Å²) in [6.07, 6.45) is 20.0. The Balaban J connectivity index is 0.000000166. The summed E-state index contributed by atoms with van der Waals surface area (Å²) in [5, 5.41) is 21.5. The Morgan fingerprint density at radius 1 is 0.621 bits per heavy atom. The maximum absolute atomic E-state index is 14.6. The van der Waals surface area contributed by atoms with Crippen molar-refractivity contribution in [3.63, 3.8) is 0 Å². The number of fused-ring (bicyclic) bond motifs is 2. The normalized spacial score (nSPS) is 13.4. The van der Waals surface area contributed by atoms with Gasteiger partial charge in [0.05, 0.1) is 51.1 Å². The highest BCUT2D eigenvalue weighted by Gasteiger charge is 2.25. The molecule has 2 saturated carbocycles. The van der Waals surface area contributed by atoms with Gasteiger partial charge in [0, 0.05) is 58.8 Å². The number of halogens is 2. The molecule has 2 aliphatic rings. The molecule has 16 nitrogen and oxygen atoms in total. The first-order chi connectivity index (χ1) is 32.1. The third-order valence-corrected chi connectivity index (χ3v) is 13.0. The summed E-state index contributed by atoms with van der Waals surface area (Å²) in [6.45, 7) is 0.811. The molecule has 20 heteroatoms. The number of carbonyl (C=O) groups is 2. The summed E-state index contributed by atoms with van der Waals surface area (Å²) >= 11 is 2.80. The van der Waals surface area contributed by atoms with E-state index in [-0.39, 0.29) is 36.0 Å². The SMILES string of the molecule is COc1ccc(SC)c(CNC(=O)c2cn(Cc3cn4cc(C5CC5)ccc4n3)nn2)c1F.COc1ccc(SC)c(CNC(=O)c2cn(Cc3cn4cc(C5CC5)ccc4n3)nn2)c1F. The Labute approximate surface area is 386 Å². The Kier molecular flexibility index (Phi) is 13.0. The maximum atomic E-state index is 14.6. The monoisotopic (exact) mass is 932 g/mol. The Morgan fingerprint density at radius 3 is 1.42 bits per heavy atom. The molecular weight excluding hydrogens is 887 g/mol. The molecular formula is C46H46F2N12O4S2. The van der Waals surface area contributed by atoms with Crippen LogP contribution in [0.3, 0.4) is 0 Å². The zero-order valence-corrected chi connectivity index (χ0v) is 38.2. The van der Waals surface area contributed by atoms with E-state index in [1.54, 1.807) is 46.0 Å². The summed E-state index contributed by atoms with van der Waals surface area (Å²) in [6, 6.07) is 15.0. The lowest BCUT2D eigenvalue weighted by atomic mass is 10.2. The predicted molar refractivity (Wildman–Crippen MR) is 244 cm³/mol. The van der Waals surface area contributed by atoms with Crippen molar-refractivity contribution in [1.82, 2.24) is 59.4 Å². The zero-order chi connectivity index (χ0) is 45.9. The average Bonchev–Trinajstić information content (AvgIpc) is 4.17. The maximum Gasteiger partial charge on any atom is 0.273 e. The molecule has 10 rings (SSSR count). The van der Waals surface area contributed by atoms with Gasteiger partial charge in [-0.1, -0.05) is 22.6 Å². The summed E-state index contributed by atoms with van der Waals surface area (Å²) < 4.78 is 46.6. The van der Waals surface area contributed by atoms with Gasteiger partial charge in [-0.25, -0.2) is 28.1 Å². The topological polar surface area (TPSA) is 173 Å².